The highest BCUT2D eigenvalue weighted by Crippen LogP contribution is 2.12. The molecule has 16 heavy (non-hydrogen) atoms. The summed E-state index contributed by atoms with van der Waals surface area (Å²) in [7, 11) is -3.65. The number of nitrogens with one attached hydrogen (secondary N) is 2. The second-order valence-electron chi connectivity index (χ2n) is 3.45. The van der Waals surface area contributed by atoms with Gasteiger partial charge in [0.2, 0.25) is 10.0 Å². The van der Waals surface area contributed by atoms with Crippen molar-refractivity contribution in [1.82, 2.24) is 14.9 Å². The van der Waals surface area contributed by atoms with E-state index in [9.17, 15) is 8.42 Å². The fraction of sp³-hybridized carbons (Fsp3) is 0.556. The van der Waals surface area contributed by atoms with Gasteiger partial charge in [-0.15, -0.1) is 0 Å². The normalized spacial score (nSPS) is 13.3. The predicted octanol–water partition coefficient (Wildman–Crippen LogP) is 0.689. The third-order valence-corrected chi connectivity index (χ3v) is 3.69. The number of nitriles is 1. The first-order valence-corrected chi connectivity index (χ1v) is 6.41. The van der Waals surface area contributed by atoms with E-state index in [1.54, 1.807) is 6.92 Å². The Kier molecular flexibility index (Phi) is 4.04. The second kappa shape index (κ2) is 5.09. The van der Waals surface area contributed by atoms with Crippen LogP contribution in [0.15, 0.2) is 11.1 Å². The van der Waals surface area contributed by atoms with Gasteiger partial charge in [-0.2, -0.15) is 15.1 Å². The largest absolute Gasteiger partial charge is 0.281 e. The van der Waals surface area contributed by atoms with Gasteiger partial charge >= 0.3 is 0 Å². The van der Waals surface area contributed by atoms with Crippen LogP contribution in [-0.4, -0.2) is 24.7 Å². The Labute approximate surface area is 94.7 Å². The van der Waals surface area contributed by atoms with Crippen LogP contribution in [0.25, 0.3) is 0 Å². The molecular weight excluding hydrogens is 228 g/mol. The lowest BCUT2D eigenvalue weighted by molar-refractivity contribution is 0.562. The van der Waals surface area contributed by atoms with Gasteiger partial charge < -0.3 is 0 Å². The number of hydrogen-bond donors (Lipinski definition) is 2. The smallest absolute Gasteiger partial charge is 0.245 e. The Morgan fingerprint density at radius 1 is 1.69 bits per heavy atom. The summed E-state index contributed by atoms with van der Waals surface area (Å²) in [4.78, 5) is 0.0869. The van der Waals surface area contributed by atoms with Gasteiger partial charge in [0, 0.05) is 0 Å². The highest BCUT2D eigenvalue weighted by molar-refractivity contribution is 7.89. The molecule has 88 valence electrons. The van der Waals surface area contributed by atoms with Crippen LogP contribution in [0.4, 0.5) is 0 Å². The van der Waals surface area contributed by atoms with E-state index in [0.717, 1.165) is 6.42 Å². The zero-order valence-electron chi connectivity index (χ0n) is 9.19. The van der Waals surface area contributed by atoms with Crippen LogP contribution in [0.2, 0.25) is 0 Å². The summed E-state index contributed by atoms with van der Waals surface area (Å²) in [6.45, 7) is 3.50. The fourth-order valence-electron chi connectivity index (χ4n) is 1.30. The van der Waals surface area contributed by atoms with Crippen LogP contribution in [-0.2, 0) is 10.0 Å². The third kappa shape index (κ3) is 2.81. The van der Waals surface area contributed by atoms with Crippen molar-refractivity contribution in [3.05, 3.63) is 11.9 Å². The average molecular weight is 242 g/mol. The zero-order chi connectivity index (χ0) is 12.2. The minimum atomic E-state index is -3.65. The Balaban J connectivity index is 2.89. The number of sulfonamides is 1. The van der Waals surface area contributed by atoms with Gasteiger partial charge in [-0.1, -0.05) is 13.3 Å². The minimum Gasteiger partial charge on any atom is -0.281 e. The summed E-state index contributed by atoms with van der Waals surface area (Å²) in [5.74, 6) is 0. The Hall–Kier alpha value is -1.39. The molecule has 0 saturated carbocycles. The van der Waals surface area contributed by atoms with Gasteiger partial charge in [-0.25, -0.2) is 8.42 Å². The van der Waals surface area contributed by atoms with Crippen molar-refractivity contribution >= 4 is 10.0 Å². The Morgan fingerprint density at radius 3 is 2.81 bits per heavy atom. The zero-order valence-corrected chi connectivity index (χ0v) is 10.0. The SMILES string of the molecule is CCCC(C#N)NS(=O)(=O)c1cn[nH]c1C. The van der Waals surface area contributed by atoms with Crippen molar-refractivity contribution in [1.29, 1.82) is 5.26 Å². The summed E-state index contributed by atoms with van der Waals surface area (Å²) in [6.07, 6.45) is 2.47. The maximum absolute atomic E-state index is 11.8. The maximum atomic E-state index is 11.8. The molecule has 2 N–H and O–H groups in total. The lowest BCUT2D eigenvalue weighted by Gasteiger charge is -2.10. The molecule has 0 aromatic carbocycles. The van der Waals surface area contributed by atoms with E-state index in [4.69, 9.17) is 5.26 Å². The van der Waals surface area contributed by atoms with Gasteiger partial charge in [0.25, 0.3) is 0 Å². The van der Waals surface area contributed by atoms with E-state index < -0.39 is 16.1 Å². The van der Waals surface area contributed by atoms with Crippen molar-refractivity contribution in [2.45, 2.75) is 37.6 Å². The topological polar surface area (TPSA) is 98.6 Å². The van der Waals surface area contributed by atoms with Gasteiger partial charge in [0.1, 0.15) is 10.9 Å². The van der Waals surface area contributed by atoms with Crippen molar-refractivity contribution in [2.75, 3.05) is 0 Å². The van der Waals surface area contributed by atoms with Crippen LogP contribution < -0.4 is 4.72 Å². The van der Waals surface area contributed by atoms with Crippen LogP contribution in [0.3, 0.4) is 0 Å². The summed E-state index contributed by atoms with van der Waals surface area (Å²) >= 11 is 0. The molecule has 0 fully saturated rings. The number of aromatic amines is 1. The van der Waals surface area contributed by atoms with Crippen LogP contribution in [0.1, 0.15) is 25.5 Å². The number of aryl methyl sites for hydroxylation is 1. The summed E-state index contributed by atoms with van der Waals surface area (Å²) in [5.41, 5.74) is 0.459. The van der Waals surface area contributed by atoms with E-state index >= 15 is 0 Å². The summed E-state index contributed by atoms with van der Waals surface area (Å²) < 4.78 is 26.0. The third-order valence-electron chi connectivity index (χ3n) is 2.10. The van der Waals surface area contributed by atoms with Gasteiger partial charge in [-0.3, -0.25) is 5.10 Å². The molecule has 1 aromatic rings. The number of H-pyrrole nitrogens is 1. The molecule has 1 heterocycles. The summed E-state index contributed by atoms with van der Waals surface area (Å²) in [5, 5.41) is 15.0. The molecule has 0 aliphatic rings. The van der Waals surface area contributed by atoms with Gasteiger partial charge in [-0.05, 0) is 13.3 Å². The molecule has 0 spiro atoms. The average Bonchev–Trinajstić information content (AvgIpc) is 2.64. The monoisotopic (exact) mass is 242 g/mol. The first-order valence-electron chi connectivity index (χ1n) is 4.93. The van der Waals surface area contributed by atoms with Crippen LogP contribution in [0.5, 0.6) is 0 Å². The molecule has 1 unspecified atom stereocenters. The molecule has 1 aromatic heterocycles. The molecule has 1 atom stereocenters. The van der Waals surface area contributed by atoms with Crippen molar-refractivity contribution in [3.8, 4) is 6.07 Å². The lowest BCUT2D eigenvalue weighted by atomic mass is 10.2. The molecule has 1 rings (SSSR count). The van der Waals surface area contributed by atoms with Crippen molar-refractivity contribution in [2.24, 2.45) is 0 Å². The molecule has 0 aliphatic carbocycles. The molecule has 0 bridgehead atoms. The molecule has 6 nitrogen and oxygen atoms in total. The van der Waals surface area contributed by atoms with E-state index in [1.807, 2.05) is 13.0 Å². The van der Waals surface area contributed by atoms with E-state index in [1.165, 1.54) is 6.20 Å². The van der Waals surface area contributed by atoms with E-state index in [0.29, 0.717) is 12.1 Å². The number of hydrogen-bond acceptors (Lipinski definition) is 4. The lowest BCUT2D eigenvalue weighted by Crippen LogP contribution is -2.33. The second-order valence-corrected chi connectivity index (χ2v) is 5.13. The minimum absolute atomic E-state index is 0.0869. The summed E-state index contributed by atoms with van der Waals surface area (Å²) in [6, 6.07) is 1.23. The molecule has 0 aliphatic heterocycles. The molecular formula is C9H14N4O2S. The maximum Gasteiger partial charge on any atom is 0.245 e. The number of nitrogens with zero attached hydrogens (tertiary/aromatic N) is 2. The standard InChI is InChI=1S/C9H14N4O2S/c1-3-4-8(5-10)13-16(14,15)9-6-11-12-7(9)2/h6,8,13H,3-4H2,1-2H3,(H,11,12). The van der Waals surface area contributed by atoms with E-state index in [-0.39, 0.29) is 4.90 Å². The molecule has 0 radical (unpaired) electrons. The Morgan fingerprint density at radius 2 is 2.38 bits per heavy atom. The number of rotatable bonds is 5. The first kappa shape index (κ1) is 12.7. The van der Waals surface area contributed by atoms with Crippen molar-refractivity contribution < 1.29 is 8.42 Å². The first-order chi connectivity index (χ1) is 7.51. The van der Waals surface area contributed by atoms with Gasteiger partial charge in [0.05, 0.1) is 18.0 Å². The van der Waals surface area contributed by atoms with Gasteiger partial charge in [0.15, 0.2) is 0 Å². The van der Waals surface area contributed by atoms with Crippen molar-refractivity contribution in [3.63, 3.8) is 0 Å². The quantitative estimate of drug-likeness (QED) is 0.793. The highest BCUT2D eigenvalue weighted by Gasteiger charge is 2.22. The molecule has 0 saturated heterocycles. The highest BCUT2D eigenvalue weighted by atomic mass is 32.2. The number of aromatic nitrogens is 2. The molecule has 0 amide bonds. The Bertz CT molecular complexity index is 486. The predicted molar refractivity (Wildman–Crippen MR) is 58.0 cm³/mol. The molecule has 7 heteroatoms. The fourth-order valence-corrected chi connectivity index (χ4v) is 2.61. The van der Waals surface area contributed by atoms with E-state index in [2.05, 4.69) is 14.9 Å². The van der Waals surface area contributed by atoms with Crippen LogP contribution in [0, 0.1) is 18.3 Å². The van der Waals surface area contributed by atoms with Crippen LogP contribution >= 0.6 is 0 Å².